The van der Waals surface area contributed by atoms with Gasteiger partial charge in [-0.05, 0) is 37.6 Å². The Labute approximate surface area is 115 Å². The molecule has 0 heterocycles. The zero-order chi connectivity index (χ0) is 13.7. The van der Waals surface area contributed by atoms with Crippen molar-refractivity contribution in [3.8, 4) is 0 Å². The zero-order valence-corrected chi connectivity index (χ0v) is 11.7. The molecule has 0 saturated heterocycles. The molecule has 2 nitrogen and oxygen atoms in total. The van der Waals surface area contributed by atoms with E-state index < -0.39 is 0 Å². The van der Waals surface area contributed by atoms with Gasteiger partial charge in [0.05, 0.1) is 14.2 Å². The van der Waals surface area contributed by atoms with Crippen LogP contribution in [-0.4, -0.2) is 14.2 Å². The molecule has 1 atom stereocenters. The first kappa shape index (κ1) is 13.5. The van der Waals surface area contributed by atoms with Crippen molar-refractivity contribution in [2.24, 2.45) is 5.41 Å². The molecular weight excluding hydrogens is 236 g/mol. The van der Waals surface area contributed by atoms with Crippen LogP contribution in [0.3, 0.4) is 0 Å². The summed E-state index contributed by atoms with van der Waals surface area (Å²) < 4.78 is 10.5. The molecule has 0 fully saturated rings. The van der Waals surface area contributed by atoms with Gasteiger partial charge in [-0.15, -0.1) is 0 Å². The maximum atomic E-state index is 5.27. The molecule has 0 aromatic rings. The van der Waals surface area contributed by atoms with E-state index in [4.69, 9.17) is 9.47 Å². The number of ether oxygens (including phenoxy) is 2. The van der Waals surface area contributed by atoms with Crippen molar-refractivity contribution in [3.63, 3.8) is 0 Å². The van der Waals surface area contributed by atoms with Gasteiger partial charge in [-0.2, -0.15) is 0 Å². The highest BCUT2D eigenvalue weighted by Gasteiger charge is 2.23. The predicted octanol–water partition coefficient (Wildman–Crippen LogP) is 4.07. The van der Waals surface area contributed by atoms with Gasteiger partial charge in [0.15, 0.2) is 0 Å². The van der Waals surface area contributed by atoms with E-state index in [1.807, 2.05) is 24.3 Å². The standard InChI is InChI=1S/C17H20O2/c1-17(12-5-8-16(19-3)11-13-17)14-6-4-7-15(18-2)10-9-14/h4-5,7-13H,6H2,1-3H3. The molecule has 0 amide bonds. The quantitative estimate of drug-likeness (QED) is 0.758. The number of allylic oxidation sites excluding steroid dienone is 10. The van der Waals surface area contributed by atoms with E-state index in [2.05, 4.69) is 37.3 Å². The lowest BCUT2D eigenvalue weighted by molar-refractivity contribution is 0.306. The second-order valence-corrected chi connectivity index (χ2v) is 4.82. The lowest BCUT2D eigenvalue weighted by Crippen LogP contribution is -2.12. The highest BCUT2D eigenvalue weighted by molar-refractivity contribution is 5.40. The summed E-state index contributed by atoms with van der Waals surface area (Å²) in [7, 11) is 3.38. The molecule has 2 aliphatic carbocycles. The lowest BCUT2D eigenvalue weighted by Gasteiger charge is -2.24. The Hall–Kier alpha value is -1.96. The topological polar surface area (TPSA) is 18.5 Å². The fourth-order valence-corrected chi connectivity index (χ4v) is 2.20. The van der Waals surface area contributed by atoms with E-state index in [-0.39, 0.29) is 5.41 Å². The highest BCUT2D eigenvalue weighted by atomic mass is 16.5. The van der Waals surface area contributed by atoms with Crippen LogP contribution in [0.25, 0.3) is 0 Å². The van der Waals surface area contributed by atoms with Crippen LogP contribution in [0.2, 0.25) is 0 Å². The van der Waals surface area contributed by atoms with Crippen molar-refractivity contribution in [3.05, 3.63) is 71.8 Å². The van der Waals surface area contributed by atoms with Crippen molar-refractivity contribution in [1.82, 2.24) is 0 Å². The maximum Gasteiger partial charge on any atom is 0.118 e. The average molecular weight is 256 g/mol. The average Bonchev–Trinajstić information content (AvgIpc) is 2.77. The van der Waals surface area contributed by atoms with Crippen LogP contribution in [0.4, 0.5) is 0 Å². The van der Waals surface area contributed by atoms with Gasteiger partial charge in [0, 0.05) is 5.41 Å². The van der Waals surface area contributed by atoms with Crippen molar-refractivity contribution >= 4 is 0 Å². The van der Waals surface area contributed by atoms with E-state index in [0.717, 1.165) is 17.9 Å². The van der Waals surface area contributed by atoms with Gasteiger partial charge in [-0.3, -0.25) is 0 Å². The first-order valence-electron chi connectivity index (χ1n) is 6.42. The first-order chi connectivity index (χ1) is 9.18. The third-order valence-electron chi connectivity index (χ3n) is 3.53. The van der Waals surface area contributed by atoms with Gasteiger partial charge >= 0.3 is 0 Å². The highest BCUT2D eigenvalue weighted by Crippen LogP contribution is 2.36. The Morgan fingerprint density at radius 1 is 0.947 bits per heavy atom. The molecule has 100 valence electrons. The minimum Gasteiger partial charge on any atom is -0.497 e. The molecule has 19 heavy (non-hydrogen) atoms. The van der Waals surface area contributed by atoms with Gasteiger partial charge in [0.2, 0.25) is 0 Å². The Morgan fingerprint density at radius 3 is 2.42 bits per heavy atom. The summed E-state index contributed by atoms with van der Waals surface area (Å²) in [6.07, 6.45) is 19.6. The summed E-state index contributed by atoms with van der Waals surface area (Å²) in [5.41, 5.74) is 1.23. The summed E-state index contributed by atoms with van der Waals surface area (Å²) >= 11 is 0. The SMILES string of the molecule is COC1=CC=CC(C)(C2=CC=C(OC)C=CC2)C=C1. The summed E-state index contributed by atoms with van der Waals surface area (Å²) in [5.74, 6) is 1.76. The number of methoxy groups -OCH3 is 2. The van der Waals surface area contributed by atoms with Crippen LogP contribution in [-0.2, 0) is 9.47 Å². The minimum absolute atomic E-state index is 0.0964. The smallest absolute Gasteiger partial charge is 0.118 e. The Bertz CT molecular complexity index is 515. The molecule has 0 aromatic heterocycles. The van der Waals surface area contributed by atoms with Crippen LogP contribution in [0, 0.1) is 5.41 Å². The number of rotatable bonds is 3. The van der Waals surface area contributed by atoms with Crippen LogP contribution in [0.1, 0.15) is 13.3 Å². The van der Waals surface area contributed by atoms with Crippen LogP contribution in [0.5, 0.6) is 0 Å². The molecule has 0 radical (unpaired) electrons. The summed E-state index contributed by atoms with van der Waals surface area (Å²) in [6.45, 7) is 2.21. The Kier molecular flexibility index (Phi) is 4.10. The van der Waals surface area contributed by atoms with Crippen molar-refractivity contribution in [2.45, 2.75) is 13.3 Å². The molecule has 2 heteroatoms. The van der Waals surface area contributed by atoms with Crippen LogP contribution < -0.4 is 0 Å². The Balaban J connectivity index is 2.29. The van der Waals surface area contributed by atoms with Gasteiger partial charge < -0.3 is 9.47 Å². The van der Waals surface area contributed by atoms with E-state index in [9.17, 15) is 0 Å². The number of hydrogen-bond acceptors (Lipinski definition) is 2. The van der Waals surface area contributed by atoms with Gasteiger partial charge in [0.1, 0.15) is 11.5 Å². The molecule has 0 saturated carbocycles. The molecule has 0 bridgehead atoms. The van der Waals surface area contributed by atoms with Gasteiger partial charge in [-0.1, -0.05) is 36.0 Å². The number of hydrogen-bond donors (Lipinski definition) is 0. The van der Waals surface area contributed by atoms with E-state index in [0.29, 0.717) is 0 Å². The third-order valence-corrected chi connectivity index (χ3v) is 3.53. The molecule has 2 rings (SSSR count). The lowest BCUT2D eigenvalue weighted by atomic mass is 9.79. The monoisotopic (exact) mass is 256 g/mol. The van der Waals surface area contributed by atoms with Crippen LogP contribution >= 0.6 is 0 Å². The predicted molar refractivity (Wildman–Crippen MR) is 78.4 cm³/mol. The summed E-state index contributed by atoms with van der Waals surface area (Å²) in [4.78, 5) is 0. The second kappa shape index (κ2) is 5.79. The third kappa shape index (κ3) is 3.08. The zero-order valence-electron chi connectivity index (χ0n) is 11.7. The van der Waals surface area contributed by atoms with E-state index >= 15 is 0 Å². The molecule has 0 N–H and O–H groups in total. The van der Waals surface area contributed by atoms with E-state index in [1.54, 1.807) is 14.2 Å². The van der Waals surface area contributed by atoms with Crippen LogP contribution in [0.15, 0.2) is 71.8 Å². The summed E-state index contributed by atoms with van der Waals surface area (Å²) in [5, 5.41) is 0. The van der Waals surface area contributed by atoms with Crippen molar-refractivity contribution < 1.29 is 9.47 Å². The largest absolute Gasteiger partial charge is 0.497 e. The van der Waals surface area contributed by atoms with Gasteiger partial charge in [-0.25, -0.2) is 0 Å². The molecule has 1 unspecified atom stereocenters. The fraction of sp³-hybridized carbons (Fsp3) is 0.294. The van der Waals surface area contributed by atoms with Gasteiger partial charge in [0.25, 0.3) is 0 Å². The molecule has 0 aliphatic heterocycles. The van der Waals surface area contributed by atoms with Crippen molar-refractivity contribution in [1.29, 1.82) is 0 Å². The van der Waals surface area contributed by atoms with E-state index in [1.165, 1.54) is 5.57 Å². The molecule has 0 aromatic carbocycles. The molecule has 0 spiro atoms. The normalized spacial score (nSPS) is 25.9. The summed E-state index contributed by atoms with van der Waals surface area (Å²) in [6, 6.07) is 0. The molecule has 2 aliphatic rings. The maximum absolute atomic E-state index is 5.27. The fourth-order valence-electron chi connectivity index (χ4n) is 2.20. The minimum atomic E-state index is -0.0964. The first-order valence-corrected chi connectivity index (χ1v) is 6.42. The second-order valence-electron chi connectivity index (χ2n) is 4.82. The Morgan fingerprint density at radius 2 is 1.68 bits per heavy atom. The van der Waals surface area contributed by atoms with Crippen molar-refractivity contribution in [2.75, 3.05) is 14.2 Å². The molecular formula is C17H20O2.